The fourth-order valence-corrected chi connectivity index (χ4v) is 4.75. The normalized spacial score (nSPS) is 18.7. The van der Waals surface area contributed by atoms with E-state index in [1.54, 1.807) is 30.3 Å². The number of hydrogen-bond donors (Lipinski definition) is 1. The number of allylic oxidation sites excluding steroid dienone is 2. The van der Waals surface area contributed by atoms with Gasteiger partial charge in [-0.2, -0.15) is 4.98 Å². The maximum absolute atomic E-state index is 16.1. The lowest BCUT2D eigenvalue weighted by atomic mass is 10.1. The largest absolute Gasteiger partial charge is 0.378 e. The van der Waals surface area contributed by atoms with Crippen molar-refractivity contribution in [3.05, 3.63) is 41.1 Å². The molecule has 0 aromatic carbocycles. The third kappa shape index (κ3) is 4.90. The summed E-state index contributed by atoms with van der Waals surface area (Å²) in [6.45, 7) is 5.98. The van der Waals surface area contributed by atoms with Crippen LogP contribution in [0.1, 0.15) is 12.5 Å². The van der Waals surface area contributed by atoms with Crippen molar-refractivity contribution in [2.75, 3.05) is 74.7 Å². The fourth-order valence-electron chi connectivity index (χ4n) is 4.75. The lowest BCUT2D eigenvalue weighted by Gasteiger charge is -2.29. The van der Waals surface area contributed by atoms with E-state index in [0.29, 0.717) is 88.6 Å². The van der Waals surface area contributed by atoms with Crippen LogP contribution < -0.4 is 15.5 Å². The van der Waals surface area contributed by atoms with Crippen LogP contribution in [-0.2, 0) is 20.7 Å². The number of ether oxygens (including phenoxy) is 2. The van der Waals surface area contributed by atoms with Gasteiger partial charge >= 0.3 is 0 Å². The standard InChI is InChI=1S/C26H29FN8O3/c1-3-18(24(36)33-7-11-37-12-8-33)21(27)20(4-2)35-6-5-19-22(17-15-29-25(28)30-16-17)31-26(32-23(19)35)34-9-13-38-14-10-34/h1,4,15-16H,5-14H2,2H3,(H2,28,29,30)/b20-4+,21-18-. The van der Waals surface area contributed by atoms with Crippen molar-refractivity contribution in [3.8, 4) is 23.6 Å². The number of rotatable bonds is 5. The molecule has 0 atom stereocenters. The molecule has 12 heteroatoms. The molecule has 1 amide bonds. The van der Waals surface area contributed by atoms with E-state index < -0.39 is 11.7 Å². The first-order valence-corrected chi connectivity index (χ1v) is 12.5. The number of anilines is 3. The van der Waals surface area contributed by atoms with Gasteiger partial charge in [-0.05, 0) is 13.3 Å². The predicted octanol–water partition coefficient (Wildman–Crippen LogP) is 1.33. The maximum atomic E-state index is 16.1. The molecule has 0 aliphatic carbocycles. The molecule has 5 heterocycles. The van der Waals surface area contributed by atoms with Gasteiger partial charge in [-0.25, -0.2) is 19.3 Å². The quantitative estimate of drug-likeness (QED) is 0.351. The van der Waals surface area contributed by atoms with Gasteiger partial charge in [-0.3, -0.25) is 4.79 Å². The first-order chi connectivity index (χ1) is 18.5. The van der Waals surface area contributed by atoms with Crippen molar-refractivity contribution in [3.63, 3.8) is 0 Å². The molecule has 2 fully saturated rings. The minimum Gasteiger partial charge on any atom is -0.378 e. The van der Waals surface area contributed by atoms with Gasteiger partial charge in [0, 0.05) is 56.2 Å². The topological polar surface area (TPSA) is 123 Å². The van der Waals surface area contributed by atoms with Gasteiger partial charge in [0.25, 0.3) is 5.91 Å². The van der Waals surface area contributed by atoms with Crippen molar-refractivity contribution in [2.24, 2.45) is 0 Å². The molecule has 2 saturated heterocycles. The highest BCUT2D eigenvalue weighted by Crippen LogP contribution is 2.39. The number of morpholine rings is 2. The highest BCUT2D eigenvalue weighted by Gasteiger charge is 2.33. The molecule has 0 bridgehead atoms. The van der Waals surface area contributed by atoms with Gasteiger partial charge in [0.05, 0.1) is 37.8 Å². The summed E-state index contributed by atoms with van der Waals surface area (Å²) in [6, 6.07) is 0. The van der Waals surface area contributed by atoms with Crippen LogP contribution in [0.3, 0.4) is 0 Å². The van der Waals surface area contributed by atoms with Gasteiger partial charge in [-0.15, -0.1) is 6.42 Å². The lowest BCUT2D eigenvalue weighted by Crippen LogP contribution is -2.41. The summed E-state index contributed by atoms with van der Waals surface area (Å²) in [6.07, 6.45) is 11.0. The van der Waals surface area contributed by atoms with Gasteiger partial charge in [0.15, 0.2) is 5.83 Å². The summed E-state index contributed by atoms with van der Waals surface area (Å²) in [4.78, 5) is 36.4. The average Bonchev–Trinajstić information content (AvgIpc) is 3.38. The molecule has 0 unspecified atom stereocenters. The minimum absolute atomic E-state index is 0.157. The summed E-state index contributed by atoms with van der Waals surface area (Å²) in [5.41, 5.74) is 7.73. The van der Waals surface area contributed by atoms with Gasteiger partial charge < -0.3 is 29.9 Å². The third-order valence-corrected chi connectivity index (χ3v) is 6.72. The number of fused-ring (bicyclic) bond motifs is 1. The molecule has 0 spiro atoms. The van der Waals surface area contributed by atoms with Crippen LogP contribution in [0.15, 0.2) is 35.6 Å². The number of nitrogens with zero attached hydrogens (tertiary/aromatic N) is 7. The van der Waals surface area contributed by atoms with Crippen LogP contribution in [0, 0.1) is 12.3 Å². The summed E-state index contributed by atoms with van der Waals surface area (Å²) < 4.78 is 26.9. The Bertz CT molecular complexity index is 1310. The van der Waals surface area contributed by atoms with E-state index in [4.69, 9.17) is 31.6 Å². The van der Waals surface area contributed by atoms with E-state index in [1.807, 2.05) is 4.90 Å². The number of carbonyl (C=O) groups excluding carboxylic acids is 1. The molecule has 5 rings (SSSR count). The molecule has 3 aliphatic heterocycles. The van der Waals surface area contributed by atoms with Crippen molar-refractivity contribution in [1.82, 2.24) is 24.8 Å². The summed E-state index contributed by atoms with van der Waals surface area (Å²) in [5.74, 6) is 2.20. The van der Waals surface area contributed by atoms with Crippen LogP contribution in [0.2, 0.25) is 0 Å². The van der Waals surface area contributed by atoms with Crippen LogP contribution in [0.4, 0.5) is 22.1 Å². The second-order valence-electron chi connectivity index (χ2n) is 8.92. The number of carbonyl (C=O) groups is 1. The Morgan fingerprint density at radius 3 is 2.37 bits per heavy atom. The molecule has 2 aromatic heterocycles. The summed E-state index contributed by atoms with van der Waals surface area (Å²) in [5, 5.41) is 0. The Balaban J connectivity index is 1.57. The van der Waals surface area contributed by atoms with E-state index in [0.717, 1.165) is 5.56 Å². The van der Waals surface area contributed by atoms with E-state index in [2.05, 4.69) is 15.9 Å². The van der Waals surface area contributed by atoms with E-state index in [-0.39, 0.29) is 17.2 Å². The van der Waals surface area contributed by atoms with Crippen molar-refractivity contribution < 1.29 is 18.7 Å². The SMILES string of the molecule is C#C/C(C(=O)N1CCOCC1)=C(F)\C(=C/C)N1CCc2c(-c3cnc(N)nc3)nc(N3CCOCC3)nc21. The summed E-state index contributed by atoms with van der Waals surface area (Å²) >= 11 is 0. The molecule has 3 aliphatic rings. The molecule has 11 nitrogen and oxygen atoms in total. The number of halogens is 1. The van der Waals surface area contributed by atoms with Crippen LogP contribution >= 0.6 is 0 Å². The highest BCUT2D eigenvalue weighted by molar-refractivity contribution is 5.99. The molecule has 2 aromatic rings. The van der Waals surface area contributed by atoms with Crippen molar-refractivity contribution in [2.45, 2.75) is 13.3 Å². The van der Waals surface area contributed by atoms with Crippen LogP contribution in [0.25, 0.3) is 11.3 Å². The number of terminal acetylenes is 1. The zero-order valence-corrected chi connectivity index (χ0v) is 21.2. The predicted molar refractivity (Wildman–Crippen MR) is 140 cm³/mol. The molecule has 2 N–H and O–H groups in total. The Morgan fingerprint density at radius 1 is 1.08 bits per heavy atom. The molecular weight excluding hydrogens is 491 g/mol. The molecular formula is C26H29FN8O3. The lowest BCUT2D eigenvalue weighted by molar-refractivity contribution is -0.130. The van der Waals surface area contributed by atoms with Crippen molar-refractivity contribution in [1.29, 1.82) is 0 Å². The van der Waals surface area contributed by atoms with E-state index >= 15 is 4.39 Å². The second kappa shape index (κ2) is 11.1. The number of nitrogens with two attached hydrogens (primary N) is 1. The van der Waals surface area contributed by atoms with Crippen LogP contribution in [0.5, 0.6) is 0 Å². The molecule has 0 saturated carbocycles. The van der Waals surface area contributed by atoms with Crippen molar-refractivity contribution >= 4 is 23.6 Å². The Kier molecular flexibility index (Phi) is 7.48. The number of nitrogen functional groups attached to an aromatic ring is 1. The Morgan fingerprint density at radius 2 is 1.74 bits per heavy atom. The Hall–Kier alpha value is -4.08. The molecule has 38 heavy (non-hydrogen) atoms. The first-order valence-electron chi connectivity index (χ1n) is 12.5. The minimum atomic E-state index is -0.761. The van der Waals surface area contributed by atoms with Gasteiger partial charge in [-0.1, -0.05) is 12.0 Å². The Labute approximate surface area is 220 Å². The van der Waals surface area contributed by atoms with E-state index in [1.165, 1.54) is 4.90 Å². The highest BCUT2D eigenvalue weighted by atomic mass is 19.1. The van der Waals surface area contributed by atoms with E-state index in [9.17, 15) is 4.79 Å². The van der Waals surface area contributed by atoms with Gasteiger partial charge in [0.1, 0.15) is 11.4 Å². The van der Waals surface area contributed by atoms with Crippen LogP contribution in [-0.4, -0.2) is 89.9 Å². The fraction of sp³-hybridized carbons (Fsp3) is 0.423. The zero-order chi connectivity index (χ0) is 26.6. The number of aromatic nitrogens is 4. The monoisotopic (exact) mass is 520 g/mol. The number of amides is 1. The number of hydrogen-bond acceptors (Lipinski definition) is 10. The zero-order valence-electron chi connectivity index (χ0n) is 21.2. The molecule has 0 radical (unpaired) electrons. The summed E-state index contributed by atoms with van der Waals surface area (Å²) in [7, 11) is 0. The third-order valence-electron chi connectivity index (χ3n) is 6.72. The average molecular weight is 521 g/mol. The maximum Gasteiger partial charge on any atom is 0.265 e. The first kappa shape index (κ1) is 25.6. The second-order valence-corrected chi connectivity index (χ2v) is 8.92. The smallest absolute Gasteiger partial charge is 0.265 e. The molecule has 198 valence electrons. The van der Waals surface area contributed by atoms with Gasteiger partial charge in [0.2, 0.25) is 11.9 Å².